The van der Waals surface area contributed by atoms with Crippen molar-refractivity contribution >= 4 is 10.9 Å². The summed E-state index contributed by atoms with van der Waals surface area (Å²) in [6.45, 7) is 6.62. The lowest BCUT2D eigenvalue weighted by Crippen LogP contribution is -2.52. The van der Waals surface area contributed by atoms with E-state index in [4.69, 9.17) is 4.74 Å². The Hall–Kier alpha value is -1.52. The summed E-state index contributed by atoms with van der Waals surface area (Å²) in [6, 6.07) is 4.35. The number of hydrogen-bond donors (Lipinski definition) is 1. The normalized spacial score (nSPS) is 21.6. The predicted octanol–water partition coefficient (Wildman–Crippen LogP) is 2.76. The number of rotatable bonds is 3. The predicted molar refractivity (Wildman–Crippen MR) is 89.5 cm³/mol. The van der Waals surface area contributed by atoms with Crippen LogP contribution in [0.5, 0.6) is 5.75 Å². The summed E-state index contributed by atoms with van der Waals surface area (Å²) in [4.78, 5) is 8.53. The van der Waals surface area contributed by atoms with Crippen molar-refractivity contribution in [3.05, 3.63) is 29.5 Å². The van der Waals surface area contributed by atoms with E-state index < -0.39 is 0 Å². The molecule has 118 valence electrons. The molecule has 1 saturated heterocycles. The number of ether oxygens (including phenoxy) is 1. The molecule has 0 amide bonds. The number of hydrogen-bond acceptors (Lipinski definition) is 3. The topological polar surface area (TPSA) is 31.5 Å². The molecular weight excluding hydrogens is 274 g/mol. The molecule has 2 aromatic rings. The van der Waals surface area contributed by atoms with Gasteiger partial charge in [-0.3, -0.25) is 9.80 Å². The van der Waals surface area contributed by atoms with Crippen molar-refractivity contribution < 1.29 is 4.74 Å². The van der Waals surface area contributed by atoms with Crippen LogP contribution in [0.1, 0.15) is 24.0 Å². The first-order valence-corrected chi connectivity index (χ1v) is 8.20. The number of nitrogens with zero attached hydrogens (tertiary/aromatic N) is 2. The summed E-state index contributed by atoms with van der Waals surface area (Å²) in [5, 5.41) is 1.31. The van der Waals surface area contributed by atoms with E-state index in [2.05, 4.69) is 40.9 Å². The van der Waals surface area contributed by atoms with Crippen LogP contribution in [-0.2, 0) is 6.54 Å². The highest BCUT2D eigenvalue weighted by Gasteiger charge is 2.49. The van der Waals surface area contributed by atoms with E-state index in [9.17, 15) is 0 Å². The fourth-order valence-corrected chi connectivity index (χ4v) is 3.97. The molecular formula is C18H25N3O. The lowest BCUT2D eigenvalue weighted by atomic mass is 10.0. The van der Waals surface area contributed by atoms with Gasteiger partial charge in [0.15, 0.2) is 0 Å². The average Bonchev–Trinajstić information content (AvgIpc) is 3.10. The zero-order valence-corrected chi connectivity index (χ0v) is 13.8. The van der Waals surface area contributed by atoms with Gasteiger partial charge in [0.2, 0.25) is 0 Å². The number of aryl methyl sites for hydroxylation is 1. The number of benzene rings is 1. The van der Waals surface area contributed by atoms with Gasteiger partial charge in [0.05, 0.1) is 7.11 Å². The molecule has 22 heavy (non-hydrogen) atoms. The van der Waals surface area contributed by atoms with Crippen LogP contribution in [0.15, 0.2) is 18.3 Å². The minimum Gasteiger partial charge on any atom is -0.496 e. The first-order valence-electron chi connectivity index (χ1n) is 8.20. The fourth-order valence-electron chi connectivity index (χ4n) is 3.97. The highest BCUT2D eigenvalue weighted by Crippen LogP contribution is 2.44. The van der Waals surface area contributed by atoms with Crippen LogP contribution in [0.4, 0.5) is 0 Å². The third-order valence-electron chi connectivity index (χ3n) is 5.62. The second kappa shape index (κ2) is 5.00. The molecule has 1 N–H and O–H groups in total. The number of aromatic nitrogens is 1. The van der Waals surface area contributed by atoms with E-state index in [-0.39, 0.29) is 0 Å². The van der Waals surface area contributed by atoms with Crippen LogP contribution in [-0.4, -0.2) is 54.1 Å². The fraction of sp³-hybridized carbons (Fsp3) is 0.556. The van der Waals surface area contributed by atoms with E-state index in [0.717, 1.165) is 18.8 Å². The summed E-state index contributed by atoms with van der Waals surface area (Å²) >= 11 is 0. The number of piperazine rings is 1. The monoisotopic (exact) mass is 299 g/mol. The van der Waals surface area contributed by atoms with Crippen LogP contribution in [0, 0.1) is 6.92 Å². The second-order valence-electron chi connectivity index (χ2n) is 7.00. The number of H-pyrrole nitrogens is 1. The Bertz CT molecular complexity index is 702. The first kappa shape index (κ1) is 14.1. The number of fused-ring (bicyclic) bond motifs is 1. The summed E-state index contributed by atoms with van der Waals surface area (Å²) in [7, 11) is 4.06. The zero-order chi connectivity index (χ0) is 15.3. The minimum absolute atomic E-state index is 0.466. The summed E-state index contributed by atoms with van der Waals surface area (Å²) in [6.07, 6.45) is 4.74. The molecule has 0 atom stereocenters. The minimum atomic E-state index is 0.466. The largest absolute Gasteiger partial charge is 0.496 e. The molecule has 1 saturated carbocycles. The van der Waals surface area contributed by atoms with Gasteiger partial charge in [-0.25, -0.2) is 0 Å². The first-order chi connectivity index (χ1) is 10.6. The van der Waals surface area contributed by atoms with Crippen molar-refractivity contribution in [3.63, 3.8) is 0 Å². The van der Waals surface area contributed by atoms with E-state index >= 15 is 0 Å². The van der Waals surface area contributed by atoms with E-state index in [1.54, 1.807) is 7.11 Å². The highest BCUT2D eigenvalue weighted by molar-refractivity contribution is 5.88. The van der Waals surface area contributed by atoms with Crippen molar-refractivity contribution in [3.8, 4) is 5.75 Å². The van der Waals surface area contributed by atoms with Crippen LogP contribution in [0.2, 0.25) is 0 Å². The van der Waals surface area contributed by atoms with E-state index in [1.165, 1.54) is 48.0 Å². The maximum absolute atomic E-state index is 5.68. The van der Waals surface area contributed by atoms with E-state index in [0.29, 0.717) is 5.54 Å². The van der Waals surface area contributed by atoms with Gasteiger partial charge in [-0.15, -0.1) is 0 Å². The van der Waals surface area contributed by atoms with Crippen LogP contribution in [0.25, 0.3) is 10.9 Å². The lowest BCUT2D eigenvalue weighted by molar-refractivity contribution is 0.0755. The molecule has 1 spiro atoms. The second-order valence-corrected chi connectivity index (χ2v) is 7.00. The van der Waals surface area contributed by atoms with Crippen LogP contribution in [0.3, 0.4) is 0 Å². The summed E-state index contributed by atoms with van der Waals surface area (Å²) in [5.74, 6) is 1.02. The third kappa shape index (κ3) is 2.13. The molecule has 0 unspecified atom stereocenters. The Morgan fingerprint density at radius 3 is 2.86 bits per heavy atom. The van der Waals surface area contributed by atoms with Crippen molar-refractivity contribution in [2.75, 3.05) is 33.8 Å². The molecule has 1 aliphatic heterocycles. The lowest BCUT2D eigenvalue weighted by Gasteiger charge is -2.40. The molecule has 4 rings (SSSR count). The Morgan fingerprint density at radius 1 is 1.32 bits per heavy atom. The van der Waals surface area contributed by atoms with Gasteiger partial charge in [-0.2, -0.15) is 0 Å². The quantitative estimate of drug-likeness (QED) is 0.945. The smallest absolute Gasteiger partial charge is 0.124 e. The average molecular weight is 299 g/mol. The standard InChI is InChI=1S/C18H25N3O/c1-13-10-16(22-3)15(14-4-7-19-17(13)14)11-21-9-8-20(2)18(12-21)5-6-18/h4,7,10,19H,5-6,8-9,11-12H2,1-3H3. The van der Waals surface area contributed by atoms with Crippen molar-refractivity contribution in [1.82, 2.24) is 14.8 Å². The molecule has 2 heterocycles. The maximum Gasteiger partial charge on any atom is 0.124 e. The Balaban J connectivity index is 1.66. The molecule has 0 bridgehead atoms. The van der Waals surface area contributed by atoms with Crippen LogP contribution >= 0.6 is 0 Å². The summed E-state index contributed by atoms with van der Waals surface area (Å²) in [5.41, 5.74) is 4.28. The number of nitrogens with one attached hydrogen (secondary N) is 1. The number of aromatic amines is 1. The Morgan fingerprint density at radius 2 is 2.14 bits per heavy atom. The van der Waals surface area contributed by atoms with Gasteiger partial charge >= 0.3 is 0 Å². The molecule has 1 aliphatic carbocycles. The third-order valence-corrected chi connectivity index (χ3v) is 5.62. The van der Waals surface area contributed by atoms with Gasteiger partial charge in [0, 0.05) is 54.4 Å². The molecule has 2 aliphatic rings. The zero-order valence-electron chi connectivity index (χ0n) is 13.8. The van der Waals surface area contributed by atoms with Gasteiger partial charge in [0.25, 0.3) is 0 Å². The molecule has 1 aromatic carbocycles. The van der Waals surface area contributed by atoms with Crippen molar-refractivity contribution in [2.24, 2.45) is 0 Å². The molecule has 4 nitrogen and oxygen atoms in total. The molecule has 0 radical (unpaired) electrons. The van der Waals surface area contributed by atoms with Crippen molar-refractivity contribution in [2.45, 2.75) is 31.8 Å². The molecule has 2 fully saturated rings. The Kier molecular flexibility index (Phi) is 3.20. The van der Waals surface area contributed by atoms with Gasteiger partial charge in [0.1, 0.15) is 5.75 Å². The highest BCUT2D eigenvalue weighted by atomic mass is 16.5. The molecule has 4 heteroatoms. The Labute approximate surface area is 132 Å². The van der Waals surface area contributed by atoms with Gasteiger partial charge < -0.3 is 9.72 Å². The van der Waals surface area contributed by atoms with Crippen molar-refractivity contribution in [1.29, 1.82) is 0 Å². The summed E-state index contributed by atoms with van der Waals surface area (Å²) < 4.78 is 5.68. The number of likely N-dealkylation sites (N-methyl/N-ethyl adjacent to an activating group) is 1. The van der Waals surface area contributed by atoms with Gasteiger partial charge in [-0.05, 0) is 44.5 Å². The SMILES string of the molecule is COc1cc(C)c2[nH]ccc2c1CN1CCN(C)C2(CC2)C1. The van der Waals surface area contributed by atoms with E-state index in [1.807, 2.05) is 6.20 Å². The maximum atomic E-state index is 5.68. The number of methoxy groups -OCH3 is 1. The van der Waals surface area contributed by atoms with Crippen LogP contribution < -0.4 is 4.74 Å². The van der Waals surface area contributed by atoms with Gasteiger partial charge in [-0.1, -0.05) is 0 Å². The molecule has 1 aromatic heterocycles.